The zero-order valence-electron chi connectivity index (χ0n) is 15.9. The van der Waals surface area contributed by atoms with Crippen molar-refractivity contribution in [2.24, 2.45) is 0 Å². The minimum atomic E-state index is -0.823. The molecule has 1 N–H and O–H groups in total. The Morgan fingerprint density at radius 1 is 1.24 bits per heavy atom. The van der Waals surface area contributed by atoms with Crippen molar-refractivity contribution < 1.29 is 14.3 Å². The van der Waals surface area contributed by atoms with Gasteiger partial charge in [-0.05, 0) is 49.4 Å². The molecule has 1 fully saturated rings. The smallest absolute Gasteiger partial charge is 0.331 e. The van der Waals surface area contributed by atoms with Crippen LogP contribution in [0.1, 0.15) is 25.3 Å². The van der Waals surface area contributed by atoms with Crippen LogP contribution < -0.4 is 5.32 Å². The van der Waals surface area contributed by atoms with Crippen LogP contribution in [0.15, 0.2) is 60.1 Å². The number of nitrogens with one attached hydrogen (secondary N) is 1. The first-order valence-corrected chi connectivity index (χ1v) is 10.4. The summed E-state index contributed by atoms with van der Waals surface area (Å²) in [7, 11) is 0. The Hall–Kier alpha value is -3.19. The zero-order valence-corrected chi connectivity index (χ0v) is 16.8. The molecule has 0 aliphatic heterocycles. The van der Waals surface area contributed by atoms with Crippen molar-refractivity contribution in [3.8, 4) is 16.3 Å². The van der Waals surface area contributed by atoms with E-state index in [2.05, 4.69) is 10.4 Å². The SMILES string of the molecule is CC(OC(=O)/C=C/c1cn(-c2ccccc2)nc1-c1cccs1)C(=O)NC1CC1. The first-order chi connectivity index (χ1) is 14.1. The first kappa shape index (κ1) is 19.1. The monoisotopic (exact) mass is 407 g/mol. The molecule has 29 heavy (non-hydrogen) atoms. The lowest BCUT2D eigenvalue weighted by Gasteiger charge is -2.11. The van der Waals surface area contributed by atoms with E-state index < -0.39 is 12.1 Å². The number of esters is 1. The minimum Gasteiger partial charge on any atom is -0.449 e. The summed E-state index contributed by atoms with van der Waals surface area (Å²) >= 11 is 1.58. The van der Waals surface area contributed by atoms with Crippen molar-refractivity contribution in [1.82, 2.24) is 15.1 Å². The lowest BCUT2D eigenvalue weighted by molar-refractivity contribution is -0.150. The highest BCUT2D eigenvalue weighted by Gasteiger charge is 2.26. The molecule has 0 radical (unpaired) electrons. The molecular formula is C22H21N3O3S. The molecule has 1 atom stereocenters. The second-order valence-corrected chi connectivity index (χ2v) is 7.83. The van der Waals surface area contributed by atoms with Crippen molar-refractivity contribution in [3.05, 3.63) is 65.7 Å². The molecule has 0 saturated heterocycles. The van der Waals surface area contributed by atoms with Crippen LogP contribution in [0.4, 0.5) is 0 Å². The summed E-state index contributed by atoms with van der Waals surface area (Å²) in [6.45, 7) is 1.58. The van der Waals surface area contributed by atoms with Crippen LogP contribution >= 0.6 is 11.3 Å². The predicted molar refractivity (Wildman–Crippen MR) is 113 cm³/mol. The molecular weight excluding hydrogens is 386 g/mol. The maximum Gasteiger partial charge on any atom is 0.331 e. The fraction of sp³-hybridized carbons (Fsp3) is 0.227. The summed E-state index contributed by atoms with van der Waals surface area (Å²) in [5, 5.41) is 9.50. The molecule has 1 aliphatic carbocycles. The van der Waals surface area contributed by atoms with E-state index in [0.29, 0.717) is 0 Å². The van der Waals surface area contributed by atoms with E-state index in [1.165, 1.54) is 6.08 Å². The summed E-state index contributed by atoms with van der Waals surface area (Å²) in [4.78, 5) is 25.1. The van der Waals surface area contributed by atoms with Crippen LogP contribution in [-0.2, 0) is 14.3 Å². The Morgan fingerprint density at radius 2 is 2.03 bits per heavy atom. The third-order valence-electron chi connectivity index (χ3n) is 4.50. The third kappa shape index (κ3) is 4.81. The van der Waals surface area contributed by atoms with Gasteiger partial charge in [0.1, 0.15) is 5.69 Å². The number of carbonyl (C=O) groups is 2. The molecule has 1 saturated carbocycles. The minimum absolute atomic E-state index is 0.233. The fourth-order valence-electron chi connectivity index (χ4n) is 2.80. The molecule has 1 unspecified atom stereocenters. The maximum absolute atomic E-state index is 12.2. The largest absolute Gasteiger partial charge is 0.449 e. The standard InChI is InChI=1S/C22H21N3O3S/c1-15(22(27)23-17-10-11-17)28-20(26)12-9-16-14-25(18-6-3-2-4-7-18)24-21(16)19-8-5-13-29-19/h2-9,12-15,17H,10-11H2,1H3,(H,23,27)/b12-9+. The Morgan fingerprint density at radius 3 is 2.72 bits per heavy atom. The highest BCUT2D eigenvalue weighted by molar-refractivity contribution is 7.13. The van der Waals surface area contributed by atoms with Crippen LogP contribution in [0, 0.1) is 0 Å². The third-order valence-corrected chi connectivity index (χ3v) is 5.38. The lowest BCUT2D eigenvalue weighted by Crippen LogP contribution is -2.36. The van der Waals surface area contributed by atoms with Crippen molar-refractivity contribution in [1.29, 1.82) is 0 Å². The van der Waals surface area contributed by atoms with Gasteiger partial charge in [0.05, 0.1) is 10.6 Å². The number of rotatable bonds is 7. The molecule has 2 heterocycles. The Bertz CT molecular complexity index is 1020. The molecule has 1 aliphatic rings. The van der Waals surface area contributed by atoms with E-state index >= 15 is 0 Å². The highest BCUT2D eigenvalue weighted by atomic mass is 32.1. The number of carbonyl (C=O) groups excluding carboxylic acids is 2. The van der Waals surface area contributed by atoms with Crippen LogP contribution in [-0.4, -0.2) is 33.8 Å². The Balaban J connectivity index is 1.51. The second-order valence-electron chi connectivity index (χ2n) is 6.89. The topological polar surface area (TPSA) is 73.2 Å². The maximum atomic E-state index is 12.2. The molecule has 4 rings (SSSR count). The van der Waals surface area contributed by atoms with Crippen molar-refractivity contribution in [3.63, 3.8) is 0 Å². The molecule has 1 aromatic carbocycles. The summed E-state index contributed by atoms with van der Waals surface area (Å²) in [6, 6.07) is 14.0. The summed E-state index contributed by atoms with van der Waals surface area (Å²) in [6.07, 6.45) is 6.04. The first-order valence-electron chi connectivity index (χ1n) is 9.48. The fourth-order valence-corrected chi connectivity index (χ4v) is 3.53. The predicted octanol–water partition coefficient (Wildman–Crippen LogP) is 3.82. The number of hydrogen-bond acceptors (Lipinski definition) is 5. The lowest BCUT2D eigenvalue weighted by atomic mass is 10.2. The van der Waals surface area contributed by atoms with E-state index in [0.717, 1.165) is 34.7 Å². The van der Waals surface area contributed by atoms with Gasteiger partial charge in [-0.3, -0.25) is 4.79 Å². The number of aromatic nitrogens is 2. The van der Waals surface area contributed by atoms with Gasteiger partial charge in [-0.1, -0.05) is 24.3 Å². The molecule has 148 valence electrons. The van der Waals surface area contributed by atoms with Crippen molar-refractivity contribution in [2.45, 2.75) is 31.9 Å². The zero-order chi connectivity index (χ0) is 20.2. The molecule has 7 heteroatoms. The van der Waals surface area contributed by atoms with Gasteiger partial charge in [0.2, 0.25) is 0 Å². The second kappa shape index (κ2) is 8.45. The number of hydrogen-bond donors (Lipinski definition) is 1. The molecule has 0 bridgehead atoms. The normalized spacial score (nSPS) is 14.7. The molecule has 2 aromatic heterocycles. The van der Waals surface area contributed by atoms with Crippen LogP contribution in [0.25, 0.3) is 22.3 Å². The number of para-hydroxylation sites is 1. The van der Waals surface area contributed by atoms with Gasteiger partial charge in [-0.25, -0.2) is 9.48 Å². The molecule has 6 nitrogen and oxygen atoms in total. The van der Waals surface area contributed by atoms with Crippen LogP contribution in [0.3, 0.4) is 0 Å². The summed E-state index contributed by atoms with van der Waals surface area (Å²) < 4.78 is 7.01. The van der Waals surface area contributed by atoms with E-state index in [1.807, 2.05) is 54.0 Å². The number of thiophene rings is 1. The van der Waals surface area contributed by atoms with E-state index in [-0.39, 0.29) is 11.9 Å². The van der Waals surface area contributed by atoms with Gasteiger partial charge >= 0.3 is 5.97 Å². The highest BCUT2D eigenvalue weighted by Crippen LogP contribution is 2.28. The van der Waals surface area contributed by atoms with Gasteiger partial charge in [-0.2, -0.15) is 5.10 Å². The molecule has 3 aromatic rings. The average molecular weight is 407 g/mol. The van der Waals surface area contributed by atoms with Gasteiger partial charge < -0.3 is 10.1 Å². The van der Waals surface area contributed by atoms with Gasteiger partial charge in [0.25, 0.3) is 5.91 Å². The van der Waals surface area contributed by atoms with E-state index in [9.17, 15) is 9.59 Å². The van der Waals surface area contributed by atoms with Gasteiger partial charge in [0, 0.05) is 23.9 Å². The van der Waals surface area contributed by atoms with E-state index in [1.54, 1.807) is 29.0 Å². The summed E-state index contributed by atoms with van der Waals surface area (Å²) in [5.74, 6) is -0.821. The molecule has 1 amide bonds. The average Bonchev–Trinajstić information content (AvgIpc) is 3.20. The van der Waals surface area contributed by atoms with Crippen molar-refractivity contribution in [2.75, 3.05) is 0 Å². The quantitative estimate of drug-likeness (QED) is 0.477. The van der Waals surface area contributed by atoms with Gasteiger partial charge in [-0.15, -0.1) is 11.3 Å². The Labute approximate surface area is 172 Å². The molecule has 0 spiro atoms. The van der Waals surface area contributed by atoms with Crippen LogP contribution in [0.5, 0.6) is 0 Å². The number of ether oxygens (including phenoxy) is 1. The van der Waals surface area contributed by atoms with Gasteiger partial charge in [0.15, 0.2) is 6.10 Å². The number of amides is 1. The summed E-state index contributed by atoms with van der Waals surface area (Å²) in [5.41, 5.74) is 2.51. The van der Waals surface area contributed by atoms with E-state index in [4.69, 9.17) is 4.74 Å². The van der Waals surface area contributed by atoms with Crippen molar-refractivity contribution >= 4 is 29.3 Å². The number of nitrogens with zero attached hydrogens (tertiary/aromatic N) is 2. The Kier molecular flexibility index (Phi) is 5.57. The van der Waals surface area contributed by atoms with Crippen LogP contribution in [0.2, 0.25) is 0 Å². The number of benzene rings is 1.